The zero-order valence-corrected chi connectivity index (χ0v) is 11.7. The molecule has 0 heterocycles. The first-order valence-corrected chi connectivity index (χ1v) is 6.93. The highest BCUT2D eigenvalue weighted by Gasteiger charge is 2.13. The number of carbonyl (C=O) groups is 2. The molecule has 0 fully saturated rings. The van der Waals surface area contributed by atoms with Crippen LogP contribution in [0.1, 0.15) is 35.2 Å². The van der Waals surface area contributed by atoms with Crippen LogP contribution in [0, 0.1) is 5.92 Å². The standard InChI is InChI=1S/C16H20N2O2/c1-17-16(20)14-8-4-7-13(9-14)11-18-15(19)10-12-5-2-3-6-12/h2,4-5,7-9,12H,3,6,10-11H2,1H3,(H,17,20)(H,18,19). The molecule has 1 unspecified atom stereocenters. The lowest BCUT2D eigenvalue weighted by atomic mass is 10.0. The van der Waals surface area contributed by atoms with Gasteiger partial charge in [0.1, 0.15) is 0 Å². The third-order valence-electron chi connectivity index (χ3n) is 3.47. The first kappa shape index (κ1) is 14.3. The third kappa shape index (κ3) is 3.95. The van der Waals surface area contributed by atoms with Gasteiger partial charge < -0.3 is 10.6 Å². The molecule has 1 aliphatic carbocycles. The summed E-state index contributed by atoms with van der Waals surface area (Å²) in [5, 5.41) is 5.49. The van der Waals surface area contributed by atoms with E-state index in [0.29, 0.717) is 24.4 Å². The van der Waals surface area contributed by atoms with Crippen LogP contribution < -0.4 is 10.6 Å². The topological polar surface area (TPSA) is 58.2 Å². The Morgan fingerprint density at radius 2 is 2.20 bits per heavy atom. The number of hydrogen-bond acceptors (Lipinski definition) is 2. The van der Waals surface area contributed by atoms with E-state index in [1.54, 1.807) is 19.2 Å². The van der Waals surface area contributed by atoms with E-state index in [1.807, 2.05) is 12.1 Å². The zero-order chi connectivity index (χ0) is 14.4. The molecule has 1 aromatic rings. The number of hydrogen-bond donors (Lipinski definition) is 2. The second-order valence-electron chi connectivity index (χ2n) is 5.03. The number of amides is 2. The van der Waals surface area contributed by atoms with Crippen molar-refractivity contribution in [2.75, 3.05) is 7.05 Å². The Morgan fingerprint density at radius 3 is 2.90 bits per heavy atom. The molecule has 1 atom stereocenters. The molecule has 0 radical (unpaired) electrons. The van der Waals surface area contributed by atoms with Crippen molar-refractivity contribution in [3.63, 3.8) is 0 Å². The minimum absolute atomic E-state index is 0.0619. The Labute approximate surface area is 119 Å². The molecule has 0 aromatic heterocycles. The van der Waals surface area contributed by atoms with Gasteiger partial charge >= 0.3 is 0 Å². The molecule has 0 aliphatic heterocycles. The van der Waals surface area contributed by atoms with Gasteiger partial charge in [0, 0.05) is 25.6 Å². The predicted molar refractivity (Wildman–Crippen MR) is 78.2 cm³/mol. The van der Waals surface area contributed by atoms with Crippen LogP contribution in [0.2, 0.25) is 0 Å². The minimum Gasteiger partial charge on any atom is -0.355 e. The summed E-state index contributed by atoms with van der Waals surface area (Å²) in [4.78, 5) is 23.4. The zero-order valence-electron chi connectivity index (χ0n) is 11.7. The van der Waals surface area contributed by atoms with Crippen LogP contribution in [0.3, 0.4) is 0 Å². The second kappa shape index (κ2) is 6.89. The van der Waals surface area contributed by atoms with Gasteiger partial charge in [0.05, 0.1) is 0 Å². The Bertz CT molecular complexity index is 523. The van der Waals surface area contributed by atoms with Crippen molar-refractivity contribution in [2.45, 2.75) is 25.8 Å². The highest BCUT2D eigenvalue weighted by Crippen LogP contribution is 2.20. The van der Waals surface area contributed by atoms with Crippen LogP contribution in [0.5, 0.6) is 0 Å². The normalized spacial score (nSPS) is 16.9. The van der Waals surface area contributed by atoms with E-state index in [4.69, 9.17) is 0 Å². The highest BCUT2D eigenvalue weighted by atomic mass is 16.2. The molecule has 106 valence electrons. The van der Waals surface area contributed by atoms with Crippen LogP contribution in [-0.4, -0.2) is 18.9 Å². The maximum absolute atomic E-state index is 11.8. The maximum Gasteiger partial charge on any atom is 0.251 e. The van der Waals surface area contributed by atoms with Crippen LogP contribution in [0.15, 0.2) is 36.4 Å². The van der Waals surface area contributed by atoms with Crippen molar-refractivity contribution < 1.29 is 9.59 Å². The molecule has 2 amide bonds. The molecule has 4 heteroatoms. The fourth-order valence-corrected chi connectivity index (χ4v) is 2.34. The van der Waals surface area contributed by atoms with E-state index in [0.717, 1.165) is 18.4 Å². The molecule has 0 bridgehead atoms. The lowest BCUT2D eigenvalue weighted by Gasteiger charge is -2.09. The van der Waals surface area contributed by atoms with Gasteiger partial charge in [-0.15, -0.1) is 0 Å². The molecule has 1 aliphatic rings. The fraction of sp³-hybridized carbons (Fsp3) is 0.375. The number of rotatable bonds is 5. The first-order valence-electron chi connectivity index (χ1n) is 6.93. The molecule has 2 rings (SSSR count). The molecule has 0 saturated carbocycles. The van der Waals surface area contributed by atoms with E-state index in [-0.39, 0.29) is 11.8 Å². The minimum atomic E-state index is -0.116. The predicted octanol–water partition coefficient (Wildman–Crippen LogP) is 2.02. The lowest BCUT2D eigenvalue weighted by molar-refractivity contribution is -0.121. The van der Waals surface area contributed by atoms with E-state index in [2.05, 4.69) is 22.8 Å². The Hall–Kier alpha value is -2.10. The number of benzene rings is 1. The van der Waals surface area contributed by atoms with Crippen molar-refractivity contribution in [1.82, 2.24) is 10.6 Å². The fourth-order valence-electron chi connectivity index (χ4n) is 2.34. The average Bonchev–Trinajstić information content (AvgIpc) is 2.97. The highest BCUT2D eigenvalue weighted by molar-refractivity contribution is 5.94. The number of allylic oxidation sites excluding steroid dienone is 2. The molecular formula is C16H20N2O2. The number of nitrogens with one attached hydrogen (secondary N) is 2. The van der Waals surface area contributed by atoms with Gasteiger partial charge in [0.25, 0.3) is 5.91 Å². The van der Waals surface area contributed by atoms with Gasteiger partial charge in [-0.05, 0) is 36.5 Å². The van der Waals surface area contributed by atoms with Crippen LogP contribution in [0.4, 0.5) is 0 Å². The number of carbonyl (C=O) groups excluding carboxylic acids is 2. The van der Waals surface area contributed by atoms with E-state index in [9.17, 15) is 9.59 Å². The molecule has 4 nitrogen and oxygen atoms in total. The Kier molecular flexibility index (Phi) is 4.93. The van der Waals surface area contributed by atoms with Gasteiger partial charge in [-0.1, -0.05) is 24.3 Å². The van der Waals surface area contributed by atoms with E-state index in [1.165, 1.54) is 0 Å². The van der Waals surface area contributed by atoms with Crippen molar-refractivity contribution in [3.05, 3.63) is 47.5 Å². The monoisotopic (exact) mass is 272 g/mol. The molecule has 2 N–H and O–H groups in total. The summed E-state index contributed by atoms with van der Waals surface area (Å²) in [5.74, 6) is 0.327. The molecule has 20 heavy (non-hydrogen) atoms. The quantitative estimate of drug-likeness (QED) is 0.806. The van der Waals surface area contributed by atoms with Crippen LogP contribution in [-0.2, 0) is 11.3 Å². The summed E-state index contributed by atoms with van der Waals surface area (Å²) in [6, 6.07) is 7.29. The molecule has 0 spiro atoms. The average molecular weight is 272 g/mol. The van der Waals surface area contributed by atoms with Crippen LogP contribution in [0.25, 0.3) is 0 Å². The van der Waals surface area contributed by atoms with Crippen molar-refractivity contribution >= 4 is 11.8 Å². The van der Waals surface area contributed by atoms with E-state index >= 15 is 0 Å². The Morgan fingerprint density at radius 1 is 1.35 bits per heavy atom. The van der Waals surface area contributed by atoms with Crippen molar-refractivity contribution in [3.8, 4) is 0 Å². The smallest absolute Gasteiger partial charge is 0.251 e. The summed E-state index contributed by atoms with van der Waals surface area (Å²) in [5.41, 5.74) is 1.54. The Balaban J connectivity index is 1.85. The summed E-state index contributed by atoms with van der Waals surface area (Å²) < 4.78 is 0. The van der Waals surface area contributed by atoms with Crippen molar-refractivity contribution in [1.29, 1.82) is 0 Å². The van der Waals surface area contributed by atoms with Crippen LogP contribution >= 0.6 is 0 Å². The lowest BCUT2D eigenvalue weighted by Crippen LogP contribution is -2.24. The third-order valence-corrected chi connectivity index (χ3v) is 3.47. The molecular weight excluding hydrogens is 252 g/mol. The van der Waals surface area contributed by atoms with E-state index < -0.39 is 0 Å². The maximum atomic E-state index is 11.8. The summed E-state index contributed by atoms with van der Waals surface area (Å²) in [6.07, 6.45) is 6.94. The van der Waals surface area contributed by atoms with Gasteiger partial charge in [-0.3, -0.25) is 9.59 Å². The molecule has 0 saturated heterocycles. The second-order valence-corrected chi connectivity index (χ2v) is 5.03. The summed E-state index contributed by atoms with van der Waals surface area (Å²) in [6.45, 7) is 0.458. The SMILES string of the molecule is CNC(=O)c1cccc(CNC(=O)CC2C=CCC2)c1. The van der Waals surface area contributed by atoms with Gasteiger partial charge in [-0.25, -0.2) is 0 Å². The summed E-state index contributed by atoms with van der Waals surface area (Å²) in [7, 11) is 1.60. The van der Waals surface area contributed by atoms with Gasteiger partial charge in [0.2, 0.25) is 5.91 Å². The summed E-state index contributed by atoms with van der Waals surface area (Å²) >= 11 is 0. The van der Waals surface area contributed by atoms with Crippen molar-refractivity contribution in [2.24, 2.45) is 5.92 Å². The first-order chi connectivity index (χ1) is 9.69. The van der Waals surface area contributed by atoms with Gasteiger partial charge in [0.15, 0.2) is 0 Å². The molecule has 1 aromatic carbocycles. The van der Waals surface area contributed by atoms with Gasteiger partial charge in [-0.2, -0.15) is 0 Å². The largest absolute Gasteiger partial charge is 0.355 e.